The zero-order valence-corrected chi connectivity index (χ0v) is 27.9. The number of nitrogens with one attached hydrogen (secondary N) is 1. The molecule has 0 saturated carbocycles. The molecule has 0 aliphatic carbocycles. The Kier molecular flexibility index (Phi) is 10.7. The lowest BCUT2D eigenvalue weighted by atomic mass is 10.0. The van der Waals surface area contributed by atoms with E-state index in [9.17, 15) is 18.0 Å². The highest BCUT2D eigenvalue weighted by atomic mass is 35.5. The van der Waals surface area contributed by atoms with Gasteiger partial charge in [0.15, 0.2) is 0 Å². The standard InChI is InChI=1S/C36H40ClN3O4S/c1-26-16-20-31(21-17-26)45(43,44)40(32-23-30(37)19-18-27(32)2)25-34(41)39(24-29-14-10-7-11-15-29)33(35(42)38-36(3,4)5)22-28-12-8-6-9-13-28/h6-21,23,33H,22,24-25H2,1-5H3,(H,38,42). The van der Waals surface area contributed by atoms with E-state index in [-0.39, 0.29) is 29.5 Å². The van der Waals surface area contributed by atoms with Crippen LogP contribution in [-0.4, -0.2) is 43.3 Å². The third-order valence-electron chi connectivity index (χ3n) is 7.29. The summed E-state index contributed by atoms with van der Waals surface area (Å²) in [4.78, 5) is 30.0. The molecule has 0 bridgehead atoms. The van der Waals surface area contributed by atoms with Crippen molar-refractivity contribution < 1.29 is 18.0 Å². The molecular weight excluding hydrogens is 606 g/mol. The van der Waals surface area contributed by atoms with Crippen molar-refractivity contribution in [2.75, 3.05) is 10.8 Å². The van der Waals surface area contributed by atoms with Crippen LogP contribution in [-0.2, 0) is 32.6 Å². The Morgan fingerprint density at radius 2 is 1.40 bits per heavy atom. The molecular formula is C36H40ClN3O4S. The van der Waals surface area contributed by atoms with E-state index in [4.69, 9.17) is 11.6 Å². The lowest BCUT2D eigenvalue weighted by molar-refractivity contribution is -0.140. The minimum Gasteiger partial charge on any atom is -0.350 e. The molecule has 4 aromatic carbocycles. The number of aryl methyl sites for hydroxylation is 2. The molecule has 0 heterocycles. The van der Waals surface area contributed by atoms with Gasteiger partial charge in [0.2, 0.25) is 11.8 Å². The maximum absolute atomic E-state index is 14.6. The average Bonchev–Trinajstić information content (AvgIpc) is 2.99. The van der Waals surface area contributed by atoms with E-state index in [0.29, 0.717) is 10.6 Å². The van der Waals surface area contributed by atoms with E-state index in [1.165, 1.54) is 17.0 Å². The van der Waals surface area contributed by atoms with E-state index in [0.717, 1.165) is 21.0 Å². The molecule has 0 aromatic heterocycles. The highest BCUT2D eigenvalue weighted by Crippen LogP contribution is 2.30. The number of hydrogen-bond acceptors (Lipinski definition) is 4. The summed E-state index contributed by atoms with van der Waals surface area (Å²) in [6, 6.07) is 29.3. The number of amides is 2. The first-order valence-corrected chi connectivity index (χ1v) is 16.6. The Hall–Kier alpha value is -4.14. The van der Waals surface area contributed by atoms with Crippen molar-refractivity contribution in [3.63, 3.8) is 0 Å². The molecule has 45 heavy (non-hydrogen) atoms. The number of anilines is 1. The predicted octanol–water partition coefficient (Wildman–Crippen LogP) is 6.71. The monoisotopic (exact) mass is 645 g/mol. The third kappa shape index (κ3) is 8.96. The van der Waals surface area contributed by atoms with Crippen molar-refractivity contribution in [3.05, 3.63) is 130 Å². The number of sulfonamides is 1. The van der Waals surface area contributed by atoms with Crippen molar-refractivity contribution in [1.29, 1.82) is 0 Å². The summed E-state index contributed by atoms with van der Waals surface area (Å²) in [6.07, 6.45) is 0.238. The summed E-state index contributed by atoms with van der Waals surface area (Å²) in [5.74, 6) is -0.860. The van der Waals surface area contributed by atoms with Crippen LogP contribution in [0.4, 0.5) is 5.69 Å². The van der Waals surface area contributed by atoms with Crippen molar-refractivity contribution >= 4 is 39.1 Å². The van der Waals surface area contributed by atoms with Crippen LogP contribution in [0.2, 0.25) is 5.02 Å². The van der Waals surface area contributed by atoms with E-state index in [1.807, 2.05) is 88.4 Å². The molecule has 0 aliphatic rings. The maximum atomic E-state index is 14.6. The second kappa shape index (κ2) is 14.3. The fraction of sp³-hybridized carbons (Fsp3) is 0.278. The molecule has 1 N–H and O–H groups in total. The molecule has 2 amide bonds. The molecule has 0 radical (unpaired) electrons. The van der Waals surface area contributed by atoms with Crippen molar-refractivity contribution in [1.82, 2.24) is 10.2 Å². The molecule has 236 valence electrons. The second-order valence-electron chi connectivity index (χ2n) is 12.2. The number of benzene rings is 4. The summed E-state index contributed by atoms with van der Waals surface area (Å²) < 4.78 is 29.6. The number of carbonyl (C=O) groups excluding carboxylic acids is 2. The largest absolute Gasteiger partial charge is 0.350 e. The minimum absolute atomic E-state index is 0.0428. The van der Waals surface area contributed by atoms with Gasteiger partial charge in [-0.15, -0.1) is 0 Å². The Balaban J connectivity index is 1.83. The molecule has 0 spiro atoms. The molecule has 0 saturated heterocycles. The van der Waals surface area contributed by atoms with Gasteiger partial charge < -0.3 is 10.2 Å². The van der Waals surface area contributed by atoms with Crippen LogP contribution >= 0.6 is 11.6 Å². The van der Waals surface area contributed by atoms with Gasteiger partial charge in [-0.2, -0.15) is 0 Å². The van der Waals surface area contributed by atoms with Gasteiger partial charge in [-0.05, 0) is 75.6 Å². The number of halogens is 1. The first-order chi connectivity index (χ1) is 21.2. The molecule has 4 aromatic rings. The summed E-state index contributed by atoms with van der Waals surface area (Å²) >= 11 is 6.36. The van der Waals surface area contributed by atoms with Crippen LogP contribution in [0, 0.1) is 13.8 Å². The van der Waals surface area contributed by atoms with Gasteiger partial charge in [-0.1, -0.05) is 96.0 Å². The molecule has 0 fully saturated rings. The smallest absolute Gasteiger partial charge is 0.264 e. The number of hydrogen-bond donors (Lipinski definition) is 1. The fourth-order valence-corrected chi connectivity index (χ4v) is 6.63. The highest BCUT2D eigenvalue weighted by molar-refractivity contribution is 7.92. The lowest BCUT2D eigenvalue weighted by Gasteiger charge is -2.35. The lowest BCUT2D eigenvalue weighted by Crippen LogP contribution is -2.56. The maximum Gasteiger partial charge on any atom is 0.264 e. The summed E-state index contributed by atoms with van der Waals surface area (Å²) in [6.45, 7) is 8.84. The molecule has 7 nitrogen and oxygen atoms in total. The zero-order valence-electron chi connectivity index (χ0n) is 26.3. The molecule has 9 heteroatoms. The first-order valence-electron chi connectivity index (χ1n) is 14.8. The first kappa shape index (κ1) is 33.7. The Bertz CT molecular complexity index is 1720. The topological polar surface area (TPSA) is 86.8 Å². The number of nitrogens with zero attached hydrogens (tertiary/aromatic N) is 2. The van der Waals surface area contributed by atoms with Crippen LogP contribution in [0.15, 0.2) is 108 Å². The fourth-order valence-electron chi connectivity index (χ4n) is 4.99. The summed E-state index contributed by atoms with van der Waals surface area (Å²) in [5, 5.41) is 3.37. The van der Waals surface area contributed by atoms with Crippen LogP contribution in [0.25, 0.3) is 0 Å². The van der Waals surface area contributed by atoms with Gasteiger partial charge >= 0.3 is 0 Å². The number of carbonyl (C=O) groups is 2. The molecule has 1 atom stereocenters. The average molecular weight is 646 g/mol. The molecule has 0 aliphatic heterocycles. The Labute approximate surface area is 271 Å². The van der Waals surface area contributed by atoms with E-state index >= 15 is 0 Å². The highest BCUT2D eigenvalue weighted by Gasteiger charge is 2.36. The van der Waals surface area contributed by atoms with Crippen molar-refractivity contribution in [2.24, 2.45) is 0 Å². The van der Waals surface area contributed by atoms with Crippen LogP contribution in [0.1, 0.15) is 43.0 Å². The molecule has 1 unspecified atom stereocenters. The van der Waals surface area contributed by atoms with Gasteiger partial charge in [0, 0.05) is 23.5 Å². The van der Waals surface area contributed by atoms with Crippen molar-refractivity contribution in [2.45, 2.75) is 64.1 Å². The SMILES string of the molecule is Cc1ccc(S(=O)(=O)N(CC(=O)N(Cc2ccccc2)C(Cc2ccccc2)C(=O)NC(C)(C)C)c2cc(Cl)ccc2C)cc1. The summed E-state index contributed by atoms with van der Waals surface area (Å²) in [5.41, 5.74) is 2.93. The summed E-state index contributed by atoms with van der Waals surface area (Å²) in [7, 11) is -4.22. The minimum atomic E-state index is -4.22. The third-order valence-corrected chi connectivity index (χ3v) is 9.30. The Morgan fingerprint density at radius 3 is 1.98 bits per heavy atom. The van der Waals surface area contributed by atoms with Gasteiger partial charge in [-0.3, -0.25) is 13.9 Å². The van der Waals surface area contributed by atoms with Crippen LogP contribution < -0.4 is 9.62 Å². The van der Waals surface area contributed by atoms with Crippen LogP contribution in [0.3, 0.4) is 0 Å². The van der Waals surface area contributed by atoms with Gasteiger partial charge in [0.25, 0.3) is 10.0 Å². The van der Waals surface area contributed by atoms with E-state index in [2.05, 4.69) is 5.32 Å². The van der Waals surface area contributed by atoms with Crippen LogP contribution in [0.5, 0.6) is 0 Å². The van der Waals surface area contributed by atoms with Gasteiger partial charge in [0.05, 0.1) is 10.6 Å². The Morgan fingerprint density at radius 1 is 0.822 bits per heavy atom. The number of rotatable bonds is 11. The predicted molar refractivity (Wildman–Crippen MR) is 181 cm³/mol. The van der Waals surface area contributed by atoms with Gasteiger partial charge in [0.1, 0.15) is 12.6 Å². The van der Waals surface area contributed by atoms with E-state index in [1.54, 1.807) is 37.3 Å². The normalized spacial score (nSPS) is 12.3. The van der Waals surface area contributed by atoms with Gasteiger partial charge in [-0.25, -0.2) is 8.42 Å². The second-order valence-corrected chi connectivity index (χ2v) is 14.5. The zero-order chi connectivity index (χ0) is 32.8. The van der Waals surface area contributed by atoms with E-state index < -0.39 is 34.1 Å². The quantitative estimate of drug-likeness (QED) is 0.197. The molecule has 4 rings (SSSR count). The van der Waals surface area contributed by atoms with Crippen molar-refractivity contribution in [3.8, 4) is 0 Å².